The Bertz CT molecular complexity index is 1080. The van der Waals surface area contributed by atoms with Gasteiger partial charge in [-0.3, -0.25) is 4.79 Å². The summed E-state index contributed by atoms with van der Waals surface area (Å²) < 4.78 is 22.4. The van der Waals surface area contributed by atoms with Crippen molar-refractivity contribution in [3.05, 3.63) is 63.7 Å². The largest absolute Gasteiger partial charge is 0.380 e. The van der Waals surface area contributed by atoms with Crippen molar-refractivity contribution in [2.24, 2.45) is 4.99 Å². The van der Waals surface area contributed by atoms with Crippen LogP contribution in [0.1, 0.15) is 41.3 Å². The number of aryl methyl sites for hydroxylation is 2. The number of carbonyl (C=O) groups is 1. The van der Waals surface area contributed by atoms with Crippen LogP contribution in [0, 0.1) is 5.82 Å². The van der Waals surface area contributed by atoms with Gasteiger partial charge in [0.05, 0.1) is 16.8 Å². The van der Waals surface area contributed by atoms with Crippen molar-refractivity contribution in [2.75, 3.05) is 13.2 Å². The number of fused-ring (bicyclic) bond motifs is 2. The first-order valence-electron chi connectivity index (χ1n) is 9.74. The first-order chi connectivity index (χ1) is 13.7. The Morgan fingerprint density at radius 2 is 2.04 bits per heavy atom. The molecule has 4 nitrogen and oxygen atoms in total. The Labute approximate surface area is 167 Å². The zero-order chi connectivity index (χ0) is 19.5. The summed E-state index contributed by atoms with van der Waals surface area (Å²) in [6.07, 6.45) is 4.46. The minimum atomic E-state index is -0.312. The van der Waals surface area contributed by atoms with Crippen molar-refractivity contribution in [2.45, 2.75) is 39.2 Å². The number of rotatable bonds is 5. The molecular weight excluding hydrogens is 375 g/mol. The number of ether oxygens (including phenoxy) is 1. The smallest absolute Gasteiger partial charge is 0.279 e. The molecule has 1 aliphatic rings. The molecule has 1 aromatic heterocycles. The van der Waals surface area contributed by atoms with Crippen LogP contribution in [0.3, 0.4) is 0 Å². The summed E-state index contributed by atoms with van der Waals surface area (Å²) in [5.74, 6) is -0.599. The fraction of sp³-hybridized carbons (Fsp3) is 0.364. The van der Waals surface area contributed by atoms with Crippen LogP contribution in [-0.4, -0.2) is 23.7 Å². The monoisotopic (exact) mass is 398 g/mol. The van der Waals surface area contributed by atoms with Gasteiger partial charge in [0.15, 0.2) is 4.80 Å². The molecule has 1 aliphatic carbocycles. The molecule has 0 unspecified atom stereocenters. The first-order valence-corrected chi connectivity index (χ1v) is 10.6. The summed E-state index contributed by atoms with van der Waals surface area (Å²) in [6, 6.07) is 10.8. The van der Waals surface area contributed by atoms with Crippen molar-refractivity contribution in [1.29, 1.82) is 0 Å². The van der Waals surface area contributed by atoms with Crippen molar-refractivity contribution < 1.29 is 13.9 Å². The second-order valence-electron chi connectivity index (χ2n) is 6.93. The number of para-hydroxylation sites is 1. The Morgan fingerprint density at radius 1 is 1.21 bits per heavy atom. The van der Waals surface area contributed by atoms with Crippen LogP contribution in [0.2, 0.25) is 0 Å². The summed E-state index contributed by atoms with van der Waals surface area (Å²) in [6.45, 7) is 3.40. The molecule has 1 amide bonds. The highest BCUT2D eigenvalue weighted by atomic mass is 32.1. The molecule has 146 valence electrons. The van der Waals surface area contributed by atoms with Gasteiger partial charge in [0.25, 0.3) is 5.91 Å². The van der Waals surface area contributed by atoms with Gasteiger partial charge in [0.2, 0.25) is 0 Å². The van der Waals surface area contributed by atoms with Crippen LogP contribution in [0.25, 0.3) is 10.2 Å². The van der Waals surface area contributed by atoms with Gasteiger partial charge in [-0.1, -0.05) is 23.5 Å². The normalized spacial score (nSPS) is 14.4. The lowest BCUT2D eigenvalue weighted by Gasteiger charge is -2.15. The highest BCUT2D eigenvalue weighted by Crippen LogP contribution is 2.23. The van der Waals surface area contributed by atoms with Gasteiger partial charge in [-0.05, 0) is 68.0 Å². The predicted octanol–water partition coefficient (Wildman–Crippen LogP) is 4.50. The van der Waals surface area contributed by atoms with Crippen LogP contribution >= 0.6 is 11.3 Å². The summed E-state index contributed by atoms with van der Waals surface area (Å²) in [7, 11) is 0. The predicted molar refractivity (Wildman–Crippen MR) is 109 cm³/mol. The molecule has 3 aromatic rings. The number of benzene rings is 2. The fourth-order valence-electron chi connectivity index (χ4n) is 3.70. The van der Waals surface area contributed by atoms with Gasteiger partial charge in [0.1, 0.15) is 5.82 Å². The highest BCUT2D eigenvalue weighted by Gasteiger charge is 2.15. The van der Waals surface area contributed by atoms with E-state index >= 15 is 0 Å². The number of thiazole rings is 1. The third-order valence-electron chi connectivity index (χ3n) is 5.11. The summed E-state index contributed by atoms with van der Waals surface area (Å²) in [5, 5.41) is 0. The Balaban J connectivity index is 1.74. The van der Waals surface area contributed by atoms with E-state index in [-0.39, 0.29) is 11.7 Å². The zero-order valence-electron chi connectivity index (χ0n) is 15.9. The maximum atomic E-state index is 14.4. The Kier molecular flexibility index (Phi) is 5.69. The number of hydrogen-bond donors (Lipinski definition) is 0. The molecule has 28 heavy (non-hydrogen) atoms. The lowest BCUT2D eigenvalue weighted by molar-refractivity contribution is 0.0996. The molecule has 6 heteroatoms. The molecule has 0 fully saturated rings. The number of carbonyl (C=O) groups excluding carboxylic acids is 1. The van der Waals surface area contributed by atoms with Crippen molar-refractivity contribution >= 4 is 27.5 Å². The molecule has 0 saturated carbocycles. The first kappa shape index (κ1) is 19.0. The second kappa shape index (κ2) is 8.37. The second-order valence-corrected chi connectivity index (χ2v) is 7.94. The Morgan fingerprint density at radius 3 is 2.86 bits per heavy atom. The minimum absolute atomic E-state index is 0.287. The van der Waals surface area contributed by atoms with Gasteiger partial charge in [-0.2, -0.15) is 4.99 Å². The lowest BCUT2D eigenvalue weighted by atomic mass is 9.90. The van der Waals surface area contributed by atoms with Crippen LogP contribution in [0.15, 0.2) is 41.4 Å². The third kappa shape index (κ3) is 3.80. The van der Waals surface area contributed by atoms with Gasteiger partial charge in [0, 0.05) is 18.7 Å². The standard InChI is InChI=1S/C22H23FN2O2S/c1-2-27-13-12-25-20-18(23)8-5-9-19(20)28-22(25)24-21(26)17-11-10-15-6-3-4-7-16(15)14-17/h5,8-11,14H,2-4,6-7,12-13H2,1H3. The van der Waals surface area contributed by atoms with E-state index < -0.39 is 0 Å². The topological polar surface area (TPSA) is 43.6 Å². The van der Waals surface area contributed by atoms with E-state index in [1.807, 2.05) is 31.2 Å². The molecular formula is C22H23FN2O2S. The maximum absolute atomic E-state index is 14.4. The number of aromatic nitrogens is 1. The van der Waals surface area contributed by atoms with Gasteiger partial charge in [-0.25, -0.2) is 4.39 Å². The zero-order valence-corrected chi connectivity index (χ0v) is 16.7. The number of hydrogen-bond acceptors (Lipinski definition) is 3. The van der Waals surface area contributed by atoms with E-state index in [2.05, 4.69) is 4.99 Å². The van der Waals surface area contributed by atoms with Gasteiger partial charge in [-0.15, -0.1) is 0 Å². The molecule has 0 aliphatic heterocycles. The fourth-order valence-corrected chi connectivity index (χ4v) is 4.77. The number of halogens is 1. The van der Waals surface area contributed by atoms with Gasteiger partial charge >= 0.3 is 0 Å². The van der Waals surface area contributed by atoms with Crippen molar-refractivity contribution in [3.63, 3.8) is 0 Å². The van der Waals surface area contributed by atoms with Crippen molar-refractivity contribution in [3.8, 4) is 0 Å². The summed E-state index contributed by atoms with van der Waals surface area (Å²) >= 11 is 1.33. The van der Waals surface area contributed by atoms with E-state index in [1.165, 1.54) is 35.0 Å². The number of amides is 1. The highest BCUT2D eigenvalue weighted by molar-refractivity contribution is 7.16. The SMILES string of the molecule is CCOCCn1c(=NC(=O)c2ccc3c(c2)CCCC3)sc2cccc(F)c21. The van der Waals surface area contributed by atoms with Crippen LogP contribution in [0.5, 0.6) is 0 Å². The molecule has 4 rings (SSSR count). The minimum Gasteiger partial charge on any atom is -0.380 e. The quantitative estimate of drug-likeness (QED) is 0.594. The van der Waals surface area contributed by atoms with Crippen LogP contribution in [-0.2, 0) is 24.1 Å². The van der Waals surface area contributed by atoms with Crippen LogP contribution < -0.4 is 4.80 Å². The van der Waals surface area contributed by atoms with E-state index in [9.17, 15) is 9.18 Å². The molecule has 0 atom stereocenters. The molecule has 0 bridgehead atoms. The number of nitrogens with zero attached hydrogens (tertiary/aromatic N) is 2. The van der Waals surface area contributed by atoms with E-state index in [0.717, 1.165) is 24.0 Å². The van der Waals surface area contributed by atoms with Crippen LogP contribution in [0.4, 0.5) is 4.39 Å². The van der Waals surface area contributed by atoms with E-state index in [0.29, 0.717) is 35.6 Å². The molecule has 0 radical (unpaired) electrons. The average molecular weight is 399 g/mol. The van der Waals surface area contributed by atoms with Crippen molar-refractivity contribution in [1.82, 2.24) is 4.57 Å². The molecule has 0 spiro atoms. The third-order valence-corrected chi connectivity index (χ3v) is 6.15. The molecule has 1 heterocycles. The molecule has 2 aromatic carbocycles. The lowest BCUT2D eigenvalue weighted by Crippen LogP contribution is -2.20. The Hall–Kier alpha value is -2.31. The van der Waals surface area contributed by atoms with E-state index in [4.69, 9.17) is 4.74 Å². The molecule has 0 saturated heterocycles. The molecule has 0 N–H and O–H groups in total. The summed E-state index contributed by atoms with van der Waals surface area (Å²) in [4.78, 5) is 17.7. The summed E-state index contributed by atoms with van der Waals surface area (Å²) in [5.41, 5.74) is 3.65. The van der Waals surface area contributed by atoms with Gasteiger partial charge < -0.3 is 9.30 Å². The van der Waals surface area contributed by atoms with E-state index in [1.54, 1.807) is 10.6 Å². The maximum Gasteiger partial charge on any atom is 0.279 e. The average Bonchev–Trinajstić information content (AvgIpc) is 3.06.